The topological polar surface area (TPSA) is 71.2 Å². The maximum absolute atomic E-state index is 12.1. The van der Waals surface area contributed by atoms with Gasteiger partial charge in [-0.15, -0.1) is 5.10 Å². The number of aromatic nitrogens is 3. The standard InChI is InChI=1S/C15H20N4O2/c1-15(2,21)11-18(3)14(20)10-19-9-13(16-17-19)12-7-5-4-6-8-12/h4-9,21H,10-11H2,1-3H3. The number of hydrogen-bond donors (Lipinski definition) is 1. The van der Waals surface area contributed by atoms with Gasteiger partial charge in [-0.1, -0.05) is 35.5 Å². The first-order valence-corrected chi connectivity index (χ1v) is 6.77. The fraction of sp³-hybridized carbons (Fsp3) is 0.400. The molecular weight excluding hydrogens is 268 g/mol. The van der Waals surface area contributed by atoms with E-state index in [0.717, 1.165) is 11.3 Å². The van der Waals surface area contributed by atoms with Gasteiger partial charge in [0.1, 0.15) is 12.2 Å². The van der Waals surface area contributed by atoms with Crippen LogP contribution in [0.1, 0.15) is 13.8 Å². The Morgan fingerprint density at radius 2 is 2.00 bits per heavy atom. The third kappa shape index (κ3) is 4.39. The number of carbonyl (C=O) groups excluding carboxylic acids is 1. The van der Waals surface area contributed by atoms with Gasteiger partial charge in [0.2, 0.25) is 5.91 Å². The zero-order chi connectivity index (χ0) is 15.5. The maximum atomic E-state index is 12.1. The molecule has 0 spiro atoms. The highest BCUT2D eigenvalue weighted by molar-refractivity contribution is 5.75. The van der Waals surface area contributed by atoms with Crippen LogP contribution in [0.4, 0.5) is 0 Å². The lowest BCUT2D eigenvalue weighted by atomic mass is 10.1. The quantitative estimate of drug-likeness (QED) is 0.896. The molecule has 0 atom stereocenters. The minimum absolute atomic E-state index is 0.104. The summed E-state index contributed by atoms with van der Waals surface area (Å²) >= 11 is 0. The second-order valence-electron chi connectivity index (χ2n) is 5.73. The lowest BCUT2D eigenvalue weighted by Crippen LogP contribution is -2.41. The predicted octanol–water partition coefficient (Wildman–Crippen LogP) is 1.17. The molecule has 0 aliphatic heterocycles. The Bertz CT molecular complexity index is 602. The highest BCUT2D eigenvalue weighted by atomic mass is 16.3. The first-order chi connectivity index (χ1) is 9.85. The first kappa shape index (κ1) is 15.2. The molecule has 0 aliphatic rings. The molecule has 1 aromatic heterocycles. The zero-order valence-electron chi connectivity index (χ0n) is 12.5. The molecule has 1 heterocycles. The lowest BCUT2D eigenvalue weighted by Gasteiger charge is -2.25. The van der Waals surface area contributed by atoms with Gasteiger partial charge in [0.15, 0.2) is 0 Å². The van der Waals surface area contributed by atoms with Gasteiger partial charge in [0.05, 0.1) is 11.8 Å². The summed E-state index contributed by atoms with van der Waals surface area (Å²) in [4.78, 5) is 13.6. The van der Waals surface area contributed by atoms with Crippen LogP contribution in [-0.2, 0) is 11.3 Å². The van der Waals surface area contributed by atoms with Crippen molar-refractivity contribution in [2.24, 2.45) is 0 Å². The molecule has 0 fully saturated rings. The van der Waals surface area contributed by atoms with Gasteiger partial charge in [-0.2, -0.15) is 0 Å². The summed E-state index contributed by atoms with van der Waals surface area (Å²) in [6.45, 7) is 3.71. The van der Waals surface area contributed by atoms with Gasteiger partial charge >= 0.3 is 0 Å². The van der Waals surface area contributed by atoms with Gasteiger partial charge < -0.3 is 10.0 Å². The fourth-order valence-electron chi connectivity index (χ4n) is 2.04. The molecule has 1 aromatic carbocycles. The summed E-state index contributed by atoms with van der Waals surface area (Å²) < 4.78 is 1.51. The zero-order valence-corrected chi connectivity index (χ0v) is 12.5. The van der Waals surface area contributed by atoms with E-state index in [-0.39, 0.29) is 19.0 Å². The monoisotopic (exact) mass is 288 g/mol. The highest BCUT2D eigenvalue weighted by Crippen LogP contribution is 2.14. The molecule has 112 valence electrons. The molecule has 2 aromatic rings. The summed E-state index contributed by atoms with van der Waals surface area (Å²) in [5, 5.41) is 17.8. The van der Waals surface area contributed by atoms with Crippen LogP contribution in [0.15, 0.2) is 36.5 Å². The predicted molar refractivity (Wildman–Crippen MR) is 79.4 cm³/mol. The Morgan fingerprint density at radius 1 is 1.33 bits per heavy atom. The fourth-order valence-corrected chi connectivity index (χ4v) is 2.04. The van der Waals surface area contributed by atoms with Crippen molar-refractivity contribution in [1.82, 2.24) is 19.9 Å². The molecule has 0 unspecified atom stereocenters. The number of likely N-dealkylation sites (N-methyl/N-ethyl adjacent to an activating group) is 1. The van der Waals surface area contributed by atoms with Crippen molar-refractivity contribution in [1.29, 1.82) is 0 Å². The van der Waals surface area contributed by atoms with Crippen LogP contribution in [0.3, 0.4) is 0 Å². The molecule has 6 heteroatoms. The molecule has 0 saturated heterocycles. The van der Waals surface area contributed by atoms with Crippen LogP contribution in [-0.4, -0.2) is 50.1 Å². The molecule has 1 amide bonds. The van der Waals surface area contributed by atoms with E-state index >= 15 is 0 Å². The van der Waals surface area contributed by atoms with Crippen LogP contribution < -0.4 is 0 Å². The molecule has 0 bridgehead atoms. The largest absolute Gasteiger partial charge is 0.389 e. The number of benzene rings is 1. The number of rotatable bonds is 5. The van der Waals surface area contributed by atoms with Gasteiger partial charge in [0.25, 0.3) is 0 Å². The second kappa shape index (κ2) is 6.05. The molecule has 0 radical (unpaired) electrons. The maximum Gasteiger partial charge on any atom is 0.244 e. The van der Waals surface area contributed by atoms with Crippen molar-refractivity contribution in [2.75, 3.05) is 13.6 Å². The van der Waals surface area contributed by atoms with E-state index in [0.29, 0.717) is 0 Å². The van der Waals surface area contributed by atoms with Crippen LogP contribution in [0.2, 0.25) is 0 Å². The highest BCUT2D eigenvalue weighted by Gasteiger charge is 2.19. The van der Waals surface area contributed by atoms with Gasteiger partial charge in [-0.05, 0) is 13.8 Å². The Morgan fingerprint density at radius 3 is 2.62 bits per heavy atom. The molecule has 2 rings (SSSR count). The second-order valence-corrected chi connectivity index (χ2v) is 5.73. The molecule has 0 aliphatic carbocycles. The molecular formula is C15H20N4O2. The summed E-state index contributed by atoms with van der Waals surface area (Å²) in [5.74, 6) is -0.123. The van der Waals surface area contributed by atoms with Gasteiger partial charge in [0, 0.05) is 19.2 Å². The average Bonchev–Trinajstić information content (AvgIpc) is 2.86. The number of hydrogen-bond acceptors (Lipinski definition) is 4. The third-order valence-electron chi connectivity index (χ3n) is 2.96. The van der Waals surface area contributed by atoms with Crippen molar-refractivity contribution in [2.45, 2.75) is 26.0 Å². The summed E-state index contributed by atoms with van der Waals surface area (Å²) in [6.07, 6.45) is 1.74. The van der Waals surface area contributed by atoms with E-state index in [1.807, 2.05) is 30.3 Å². The van der Waals surface area contributed by atoms with Crippen molar-refractivity contribution in [3.05, 3.63) is 36.5 Å². The Kier molecular flexibility index (Phi) is 4.37. The van der Waals surface area contributed by atoms with Crippen molar-refractivity contribution >= 4 is 5.91 Å². The minimum Gasteiger partial charge on any atom is -0.389 e. The summed E-state index contributed by atoms with van der Waals surface area (Å²) in [7, 11) is 1.66. The van der Waals surface area contributed by atoms with E-state index in [1.54, 1.807) is 27.1 Å². The molecule has 6 nitrogen and oxygen atoms in total. The average molecular weight is 288 g/mol. The van der Waals surface area contributed by atoms with E-state index in [2.05, 4.69) is 10.3 Å². The number of carbonyl (C=O) groups is 1. The van der Waals surface area contributed by atoms with Crippen molar-refractivity contribution in [3.63, 3.8) is 0 Å². The van der Waals surface area contributed by atoms with Gasteiger partial charge in [-0.3, -0.25) is 4.79 Å². The molecule has 21 heavy (non-hydrogen) atoms. The van der Waals surface area contributed by atoms with E-state index in [9.17, 15) is 9.90 Å². The van der Waals surface area contributed by atoms with Crippen LogP contribution in [0.25, 0.3) is 11.3 Å². The molecule has 1 N–H and O–H groups in total. The Labute approximate surface area is 124 Å². The van der Waals surface area contributed by atoms with Crippen molar-refractivity contribution < 1.29 is 9.90 Å². The van der Waals surface area contributed by atoms with Gasteiger partial charge in [-0.25, -0.2) is 4.68 Å². The van der Waals surface area contributed by atoms with Crippen LogP contribution in [0, 0.1) is 0 Å². The number of aliphatic hydroxyl groups is 1. The Balaban J connectivity index is 2.01. The Hall–Kier alpha value is -2.21. The summed E-state index contributed by atoms with van der Waals surface area (Å²) in [5.41, 5.74) is 0.775. The normalized spacial score (nSPS) is 11.4. The van der Waals surface area contributed by atoms with Crippen molar-refractivity contribution in [3.8, 4) is 11.3 Å². The SMILES string of the molecule is CN(CC(C)(C)O)C(=O)Cn1cc(-c2ccccc2)nn1. The van der Waals surface area contributed by atoms with Crippen LogP contribution >= 0.6 is 0 Å². The number of amides is 1. The number of nitrogens with zero attached hydrogens (tertiary/aromatic N) is 4. The van der Waals surface area contributed by atoms with Crippen LogP contribution in [0.5, 0.6) is 0 Å². The van der Waals surface area contributed by atoms with E-state index in [4.69, 9.17) is 0 Å². The smallest absolute Gasteiger partial charge is 0.244 e. The minimum atomic E-state index is -0.915. The van der Waals surface area contributed by atoms with E-state index < -0.39 is 5.60 Å². The lowest BCUT2D eigenvalue weighted by molar-refractivity contribution is -0.133. The summed E-state index contributed by atoms with van der Waals surface area (Å²) in [6, 6.07) is 9.67. The third-order valence-corrected chi connectivity index (χ3v) is 2.96. The molecule has 0 saturated carbocycles. The van der Waals surface area contributed by atoms with E-state index in [1.165, 1.54) is 9.58 Å². The first-order valence-electron chi connectivity index (χ1n) is 6.77.